The van der Waals surface area contributed by atoms with Crippen molar-refractivity contribution in [2.45, 2.75) is 30.8 Å². The molecular formula is C13H15ClN2O3S. The number of aliphatic imine (C=N–C) groups is 1. The number of hydrogen-bond donors (Lipinski definition) is 0. The highest BCUT2D eigenvalue weighted by Gasteiger charge is 2.37. The van der Waals surface area contributed by atoms with E-state index >= 15 is 0 Å². The number of halogens is 1. The van der Waals surface area contributed by atoms with E-state index in [2.05, 4.69) is 4.99 Å². The smallest absolute Gasteiger partial charge is 0.211 e. The fourth-order valence-electron chi connectivity index (χ4n) is 2.41. The normalized spacial score (nSPS) is 24.1. The summed E-state index contributed by atoms with van der Waals surface area (Å²) in [4.78, 5) is 14.3. The summed E-state index contributed by atoms with van der Waals surface area (Å²) in [7, 11) is -3.71. The molecule has 1 aromatic carbocycles. The number of benzene rings is 1. The molecule has 0 bridgehead atoms. The van der Waals surface area contributed by atoms with Gasteiger partial charge in [0.05, 0.1) is 4.90 Å². The van der Waals surface area contributed by atoms with E-state index < -0.39 is 16.2 Å². The molecule has 0 aliphatic carbocycles. The maximum atomic E-state index is 12.6. The van der Waals surface area contributed by atoms with E-state index in [4.69, 9.17) is 11.6 Å². The minimum atomic E-state index is -3.71. The molecule has 1 saturated heterocycles. The van der Waals surface area contributed by atoms with Crippen molar-refractivity contribution in [3.8, 4) is 0 Å². The van der Waals surface area contributed by atoms with Gasteiger partial charge in [-0.25, -0.2) is 13.2 Å². The predicted octanol–water partition coefficient (Wildman–Crippen LogP) is 2.42. The Balaban J connectivity index is 2.43. The van der Waals surface area contributed by atoms with Crippen LogP contribution >= 0.6 is 11.6 Å². The van der Waals surface area contributed by atoms with E-state index in [1.54, 1.807) is 12.1 Å². The van der Waals surface area contributed by atoms with Gasteiger partial charge >= 0.3 is 0 Å². The molecule has 0 spiro atoms. The van der Waals surface area contributed by atoms with Crippen LogP contribution in [0.15, 0.2) is 34.2 Å². The van der Waals surface area contributed by atoms with Gasteiger partial charge in [-0.05, 0) is 37.0 Å². The van der Waals surface area contributed by atoms with Gasteiger partial charge in [-0.1, -0.05) is 24.6 Å². The maximum Gasteiger partial charge on any atom is 0.244 e. The molecule has 0 radical (unpaired) electrons. The molecule has 1 heterocycles. The van der Waals surface area contributed by atoms with Crippen molar-refractivity contribution in [2.24, 2.45) is 10.9 Å². The fourth-order valence-corrected chi connectivity index (χ4v) is 4.37. The van der Waals surface area contributed by atoms with Crippen molar-refractivity contribution in [3.63, 3.8) is 0 Å². The highest BCUT2D eigenvalue weighted by Crippen LogP contribution is 2.30. The lowest BCUT2D eigenvalue weighted by Crippen LogP contribution is -2.46. The van der Waals surface area contributed by atoms with Gasteiger partial charge in [-0.3, -0.25) is 0 Å². The molecule has 2 atom stereocenters. The third-order valence-electron chi connectivity index (χ3n) is 3.43. The summed E-state index contributed by atoms with van der Waals surface area (Å²) in [6.07, 6.45) is 2.36. The Kier molecular flexibility index (Phi) is 4.60. The zero-order valence-corrected chi connectivity index (χ0v) is 12.6. The highest BCUT2D eigenvalue weighted by atomic mass is 35.5. The number of sulfonamides is 1. The van der Waals surface area contributed by atoms with Gasteiger partial charge in [-0.2, -0.15) is 9.30 Å². The first-order valence-electron chi connectivity index (χ1n) is 6.31. The van der Waals surface area contributed by atoms with Crippen LogP contribution in [0.5, 0.6) is 0 Å². The van der Waals surface area contributed by atoms with Gasteiger partial charge in [0, 0.05) is 11.6 Å². The maximum absolute atomic E-state index is 12.6. The second-order valence-corrected chi connectivity index (χ2v) is 7.15. The van der Waals surface area contributed by atoms with Crippen molar-refractivity contribution in [3.05, 3.63) is 29.3 Å². The Morgan fingerprint density at radius 2 is 2.20 bits per heavy atom. The van der Waals surface area contributed by atoms with Crippen LogP contribution in [-0.4, -0.2) is 31.5 Å². The summed E-state index contributed by atoms with van der Waals surface area (Å²) in [6, 6.07) is 6.08. The standard InChI is InChI=1S/C13H15ClN2O3S/c1-10-4-3-7-16(13(10)15-9-17)20(18,19)12-6-2-5-11(14)8-12/h2,5-6,8,10,13H,3-4,7H2,1H3. The van der Waals surface area contributed by atoms with Crippen LogP contribution in [0, 0.1) is 5.92 Å². The predicted molar refractivity (Wildman–Crippen MR) is 75.7 cm³/mol. The summed E-state index contributed by atoms with van der Waals surface area (Å²) in [5.41, 5.74) is 0. The van der Waals surface area contributed by atoms with Crippen LogP contribution in [0.3, 0.4) is 0 Å². The molecule has 0 aromatic heterocycles. The summed E-state index contributed by atoms with van der Waals surface area (Å²) >= 11 is 5.85. The fraction of sp³-hybridized carbons (Fsp3) is 0.462. The quantitative estimate of drug-likeness (QED) is 0.635. The second-order valence-electron chi connectivity index (χ2n) is 4.83. The molecule has 108 valence electrons. The molecule has 5 nitrogen and oxygen atoms in total. The number of piperidine rings is 1. The zero-order chi connectivity index (χ0) is 14.8. The SMILES string of the molecule is CC1CCCN(S(=O)(=O)c2cccc(Cl)c2)C1N=C=O. The molecule has 1 aliphatic heterocycles. The third kappa shape index (κ3) is 2.94. The van der Waals surface area contributed by atoms with Crippen LogP contribution < -0.4 is 0 Å². The number of hydrogen-bond acceptors (Lipinski definition) is 4. The Hall–Kier alpha value is -1.20. The second kappa shape index (κ2) is 6.06. The minimum absolute atomic E-state index is 0.0147. The first-order chi connectivity index (χ1) is 9.46. The Bertz CT molecular complexity index is 641. The molecule has 0 amide bonds. The molecule has 2 unspecified atom stereocenters. The lowest BCUT2D eigenvalue weighted by molar-refractivity contribution is 0.194. The summed E-state index contributed by atoms with van der Waals surface area (Å²) in [5.74, 6) is -0.0147. The highest BCUT2D eigenvalue weighted by molar-refractivity contribution is 7.89. The van der Waals surface area contributed by atoms with Crippen molar-refractivity contribution in [1.82, 2.24) is 4.31 Å². The van der Waals surface area contributed by atoms with Gasteiger partial charge in [0.15, 0.2) is 0 Å². The molecule has 20 heavy (non-hydrogen) atoms. The van der Waals surface area contributed by atoms with Crippen LogP contribution in [0.1, 0.15) is 19.8 Å². The molecule has 2 rings (SSSR count). The average molecular weight is 315 g/mol. The van der Waals surface area contributed by atoms with Gasteiger partial charge in [0.2, 0.25) is 16.1 Å². The first kappa shape index (κ1) is 15.2. The number of isocyanates is 1. The van der Waals surface area contributed by atoms with Gasteiger partial charge < -0.3 is 0 Å². The molecular weight excluding hydrogens is 300 g/mol. The Morgan fingerprint density at radius 3 is 2.85 bits per heavy atom. The van der Waals surface area contributed by atoms with Gasteiger partial charge in [0.25, 0.3) is 0 Å². The molecule has 1 fully saturated rings. The van der Waals surface area contributed by atoms with Crippen molar-refractivity contribution in [2.75, 3.05) is 6.54 Å². The van der Waals surface area contributed by atoms with E-state index in [1.807, 2.05) is 6.92 Å². The minimum Gasteiger partial charge on any atom is -0.211 e. The molecule has 7 heteroatoms. The van der Waals surface area contributed by atoms with E-state index in [0.717, 1.165) is 12.8 Å². The van der Waals surface area contributed by atoms with Crippen molar-refractivity contribution >= 4 is 27.7 Å². The van der Waals surface area contributed by atoms with Crippen LogP contribution in [0.25, 0.3) is 0 Å². The zero-order valence-electron chi connectivity index (χ0n) is 11.0. The first-order valence-corrected chi connectivity index (χ1v) is 8.13. The lowest BCUT2D eigenvalue weighted by atomic mass is 9.98. The summed E-state index contributed by atoms with van der Waals surface area (Å²) in [6.45, 7) is 2.22. The molecule has 1 aromatic rings. The number of carbonyl (C=O) groups excluding carboxylic acids is 1. The van der Waals surface area contributed by atoms with Crippen LogP contribution in [0.2, 0.25) is 5.02 Å². The number of rotatable bonds is 3. The summed E-state index contributed by atoms with van der Waals surface area (Å²) in [5, 5.41) is 0.353. The van der Waals surface area contributed by atoms with Crippen molar-refractivity contribution < 1.29 is 13.2 Å². The molecule has 1 aliphatic rings. The van der Waals surface area contributed by atoms with E-state index in [-0.39, 0.29) is 10.8 Å². The Labute approximate surface area is 123 Å². The van der Waals surface area contributed by atoms with Crippen LogP contribution in [0.4, 0.5) is 0 Å². The lowest BCUT2D eigenvalue weighted by Gasteiger charge is -2.35. The topological polar surface area (TPSA) is 66.8 Å². The summed E-state index contributed by atoms with van der Waals surface area (Å²) < 4.78 is 26.6. The molecule has 0 N–H and O–H groups in total. The van der Waals surface area contributed by atoms with Crippen LogP contribution in [-0.2, 0) is 14.8 Å². The molecule has 0 saturated carbocycles. The largest absolute Gasteiger partial charge is 0.244 e. The Morgan fingerprint density at radius 1 is 1.45 bits per heavy atom. The van der Waals surface area contributed by atoms with E-state index in [9.17, 15) is 13.2 Å². The number of nitrogens with zero attached hydrogens (tertiary/aromatic N) is 2. The van der Waals surface area contributed by atoms with E-state index in [0.29, 0.717) is 11.6 Å². The van der Waals surface area contributed by atoms with E-state index in [1.165, 1.54) is 22.5 Å². The van der Waals surface area contributed by atoms with Gasteiger partial charge in [-0.15, -0.1) is 0 Å². The average Bonchev–Trinajstić information content (AvgIpc) is 2.41. The monoisotopic (exact) mass is 314 g/mol. The third-order valence-corrected chi connectivity index (χ3v) is 5.53. The van der Waals surface area contributed by atoms with Crippen molar-refractivity contribution in [1.29, 1.82) is 0 Å². The van der Waals surface area contributed by atoms with Gasteiger partial charge in [0.1, 0.15) is 6.17 Å².